The summed E-state index contributed by atoms with van der Waals surface area (Å²) in [7, 11) is -1.69. The quantitative estimate of drug-likeness (QED) is 0.856. The Kier molecular flexibility index (Phi) is 4.84. The maximum Gasteiger partial charge on any atom is 0.216 e. The summed E-state index contributed by atoms with van der Waals surface area (Å²) < 4.78 is 25.0. The largest absolute Gasteiger partial charge is 0.216 e. The van der Waals surface area contributed by atoms with Gasteiger partial charge in [-0.05, 0) is 31.5 Å². The van der Waals surface area contributed by atoms with E-state index in [-0.39, 0.29) is 6.54 Å². The maximum absolute atomic E-state index is 11.9. The summed E-state index contributed by atoms with van der Waals surface area (Å²) in [5, 5.41) is 0.458. The van der Waals surface area contributed by atoms with Crippen LogP contribution in [0.25, 0.3) is 0 Å². The first kappa shape index (κ1) is 14.8. The summed E-state index contributed by atoms with van der Waals surface area (Å²) in [4.78, 5) is 0. The van der Waals surface area contributed by atoms with Crippen LogP contribution in [-0.2, 0) is 16.6 Å². The molecule has 1 rings (SSSR count). The molecule has 0 aromatic heterocycles. The van der Waals surface area contributed by atoms with Crippen molar-refractivity contribution in [3.8, 4) is 0 Å². The van der Waals surface area contributed by atoms with Crippen molar-refractivity contribution in [3.05, 3.63) is 33.8 Å². The van der Waals surface area contributed by atoms with Gasteiger partial charge in [-0.15, -0.1) is 0 Å². The lowest BCUT2D eigenvalue weighted by molar-refractivity contribution is 0.459. The molecule has 0 aliphatic carbocycles. The molecule has 17 heavy (non-hydrogen) atoms. The average molecular weight is 296 g/mol. The molecule has 0 N–H and O–H groups in total. The van der Waals surface area contributed by atoms with Crippen LogP contribution in [-0.4, -0.2) is 25.0 Å². The monoisotopic (exact) mass is 295 g/mol. The number of nitrogens with zero attached hydrogens (tertiary/aromatic N) is 1. The Morgan fingerprint density at radius 3 is 2.29 bits per heavy atom. The van der Waals surface area contributed by atoms with Gasteiger partial charge in [0, 0.05) is 13.6 Å². The highest BCUT2D eigenvalue weighted by atomic mass is 35.5. The summed E-state index contributed by atoms with van der Waals surface area (Å²) in [6.07, 6.45) is 0. The Labute approximate surface area is 112 Å². The van der Waals surface area contributed by atoms with Gasteiger partial charge >= 0.3 is 0 Å². The van der Waals surface area contributed by atoms with Crippen molar-refractivity contribution in [1.82, 2.24) is 4.31 Å². The van der Waals surface area contributed by atoms with Crippen LogP contribution in [0.5, 0.6) is 0 Å². The molecule has 0 amide bonds. The molecular weight excluding hydrogens is 281 g/mol. The molecule has 1 aromatic rings. The molecule has 0 aliphatic heterocycles. The average Bonchev–Trinajstić information content (AvgIpc) is 2.23. The van der Waals surface area contributed by atoms with Gasteiger partial charge in [-0.2, -0.15) is 0 Å². The van der Waals surface area contributed by atoms with Gasteiger partial charge in [-0.3, -0.25) is 0 Å². The number of sulfonamides is 1. The fourth-order valence-corrected chi connectivity index (χ4v) is 2.71. The Morgan fingerprint density at radius 2 is 1.82 bits per heavy atom. The molecule has 3 nitrogen and oxygen atoms in total. The zero-order valence-electron chi connectivity index (χ0n) is 9.94. The van der Waals surface area contributed by atoms with Crippen LogP contribution in [0.4, 0.5) is 0 Å². The smallest absolute Gasteiger partial charge is 0.212 e. The third kappa shape index (κ3) is 3.58. The fourth-order valence-electron chi connectivity index (χ4n) is 1.34. The van der Waals surface area contributed by atoms with Crippen molar-refractivity contribution in [2.45, 2.75) is 25.6 Å². The van der Waals surface area contributed by atoms with Gasteiger partial charge in [0.25, 0.3) is 0 Å². The van der Waals surface area contributed by atoms with Crippen molar-refractivity contribution in [2.75, 3.05) is 7.05 Å². The molecule has 0 saturated carbocycles. The predicted molar refractivity (Wildman–Crippen MR) is 72.0 cm³/mol. The molecule has 0 unspecified atom stereocenters. The highest BCUT2D eigenvalue weighted by Crippen LogP contribution is 2.23. The SMILES string of the molecule is CC(C)S(=O)(=O)N(C)Cc1ccc(Cl)c(Cl)c1. The second-order valence-corrected chi connectivity index (χ2v) is 7.51. The van der Waals surface area contributed by atoms with E-state index in [1.807, 2.05) is 0 Å². The van der Waals surface area contributed by atoms with E-state index in [1.54, 1.807) is 39.1 Å². The van der Waals surface area contributed by atoms with Gasteiger partial charge in [0.15, 0.2) is 0 Å². The summed E-state index contributed by atoms with van der Waals surface area (Å²) in [6, 6.07) is 5.10. The molecular formula is C11H15Cl2NO2S. The van der Waals surface area contributed by atoms with Crippen LogP contribution < -0.4 is 0 Å². The minimum Gasteiger partial charge on any atom is -0.212 e. The van der Waals surface area contributed by atoms with Gasteiger partial charge < -0.3 is 0 Å². The highest BCUT2D eigenvalue weighted by Gasteiger charge is 2.22. The Morgan fingerprint density at radius 1 is 1.24 bits per heavy atom. The van der Waals surface area contributed by atoms with Crippen LogP contribution in [0.1, 0.15) is 19.4 Å². The maximum atomic E-state index is 11.9. The third-order valence-electron chi connectivity index (χ3n) is 2.42. The van der Waals surface area contributed by atoms with Crippen LogP contribution in [0.2, 0.25) is 10.0 Å². The molecule has 1 aromatic carbocycles. The van der Waals surface area contributed by atoms with Crippen LogP contribution in [0.3, 0.4) is 0 Å². The van der Waals surface area contributed by atoms with E-state index < -0.39 is 15.3 Å². The minimum atomic E-state index is -3.24. The van der Waals surface area contributed by atoms with Crippen LogP contribution >= 0.6 is 23.2 Å². The fraction of sp³-hybridized carbons (Fsp3) is 0.455. The zero-order chi connectivity index (χ0) is 13.2. The summed E-state index contributed by atoms with van der Waals surface area (Å²) in [5.74, 6) is 0. The van der Waals surface area contributed by atoms with Crippen molar-refractivity contribution in [3.63, 3.8) is 0 Å². The van der Waals surface area contributed by atoms with E-state index in [0.29, 0.717) is 10.0 Å². The number of rotatable bonds is 4. The van der Waals surface area contributed by atoms with Gasteiger partial charge in [0.2, 0.25) is 10.0 Å². The molecule has 0 bridgehead atoms. The van der Waals surface area contributed by atoms with E-state index in [2.05, 4.69) is 0 Å². The summed E-state index contributed by atoms with van der Waals surface area (Å²) in [6.45, 7) is 3.60. The number of benzene rings is 1. The van der Waals surface area contributed by atoms with E-state index in [9.17, 15) is 8.42 Å². The second-order valence-electron chi connectivity index (χ2n) is 4.10. The van der Waals surface area contributed by atoms with E-state index >= 15 is 0 Å². The molecule has 6 heteroatoms. The van der Waals surface area contributed by atoms with Crippen LogP contribution in [0, 0.1) is 0 Å². The van der Waals surface area contributed by atoms with Gasteiger partial charge in [-0.1, -0.05) is 29.3 Å². The normalized spacial score (nSPS) is 12.4. The Bertz CT molecular complexity index is 500. The molecule has 0 atom stereocenters. The molecule has 0 spiro atoms. The van der Waals surface area contributed by atoms with E-state index in [0.717, 1.165) is 5.56 Å². The van der Waals surface area contributed by atoms with Gasteiger partial charge in [0.05, 0.1) is 15.3 Å². The third-order valence-corrected chi connectivity index (χ3v) is 5.35. The minimum absolute atomic E-state index is 0.289. The second kappa shape index (κ2) is 5.57. The molecule has 0 heterocycles. The first-order chi connectivity index (χ1) is 7.75. The number of hydrogen-bond acceptors (Lipinski definition) is 2. The Balaban J connectivity index is 2.89. The molecule has 0 aliphatic rings. The summed E-state index contributed by atoms with van der Waals surface area (Å²) >= 11 is 11.7. The van der Waals surface area contributed by atoms with E-state index in [1.165, 1.54) is 4.31 Å². The van der Waals surface area contributed by atoms with Crippen molar-refractivity contribution in [1.29, 1.82) is 0 Å². The van der Waals surface area contributed by atoms with Crippen molar-refractivity contribution >= 4 is 33.2 Å². The van der Waals surface area contributed by atoms with E-state index in [4.69, 9.17) is 23.2 Å². The lowest BCUT2D eigenvalue weighted by Gasteiger charge is -2.19. The van der Waals surface area contributed by atoms with Gasteiger partial charge in [-0.25, -0.2) is 12.7 Å². The number of hydrogen-bond donors (Lipinski definition) is 0. The molecule has 96 valence electrons. The lowest BCUT2D eigenvalue weighted by Crippen LogP contribution is -2.32. The van der Waals surface area contributed by atoms with Crippen LogP contribution in [0.15, 0.2) is 18.2 Å². The zero-order valence-corrected chi connectivity index (χ0v) is 12.3. The highest BCUT2D eigenvalue weighted by molar-refractivity contribution is 7.89. The number of halogens is 2. The standard InChI is InChI=1S/C11H15Cl2NO2S/c1-8(2)17(15,16)14(3)7-9-4-5-10(12)11(13)6-9/h4-6,8H,7H2,1-3H3. The van der Waals surface area contributed by atoms with Gasteiger partial charge in [0.1, 0.15) is 0 Å². The Hall–Kier alpha value is -0.290. The van der Waals surface area contributed by atoms with Crippen molar-refractivity contribution in [2.24, 2.45) is 0 Å². The predicted octanol–water partition coefficient (Wildman–Crippen LogP) is 3.16. The van der Waals surface area contributed by atoms with Crippen molar-refractivity contribution < 1.29 is 8.42 Å². The topological polar surface area (TPSA) is 37.4 Å². The lowest BCUT2D eigenvalue weighted by atomic mass is 10.2. The molecule has 0 saturated heterocycles. The summed E-state index contributed by atoms with van der Waals surface area (Å²) in [5.41, 5.74) is 0.811. The molecule has 0 radical (unpaired) electrons. The first-order valence-electron chi connectivity index (χ1n) is 5.14. The first-order valence-corrected chi connectivity index (χ1v) is 7.40. The molecule has 0 fully saturated rings.